The van der Waals surface area contributed by atoms with Crippen LogP contribution in [-0.2, 0) is 23.0 Å². The molecular weight excluding hydrogens is 304 g/mol. The maximum absolute atomic E-state index is 12.2. The fourth-order valence-corrected chi connectivity index (χ4v) is 4.64. The Labute approximate surface area is 130 Å². The SMILES string of the molecule is Cc1cccc(CCNS(=O)(=O)c2cc(C)c(CN)s2)c1. The average Bonchev–Trinajstić information content (AvgIpc) is 2.81. The summed E-state index contributed by atoms with van der Waals surface area (Å²) in [5.41, 5.74) is 8.83. The van der Waals surface area contributed by atoms with Crippen molar-refractivity contribution in [1.29, 1.82) is 0 Å². The van der Waals surface area contributed by atoms with E-state index < -0.39 is 10.0 Å². The van der Waals surface area contributed by atoms with Crippen LogP contribution in [0.2, 0.25) is 0 Å². The topological polar surface area (TPSA) is 72.2 Å². The zero-order valence-corrected chi connectivity index (χ0v) is 13.9. The minimum atomic E-state index is -3.44. The standard InChI is InChI=1S/C15H20N2O2S2/c1-11-4-3-5-13(8-11)6-7-17-21(18,19)15-9-12(2)14(10-16)20-15/h3-5,8-9,17H,6-7,10,16H2,1-2H3. The monoisotopic (exact) mass is 324 g/mol. The summed E-state index contributed by atoms with van der Waals surface area (Å²) in [6.07, 6.45) is 0.676. The molecule has 6 heteroatoms. The summed E-state index contributed by atoms with van der Waals surface area (Å²) in [4.78, 5) is 0.911. The van der Waals surface area contributed by atoms with Crippen molar-refractivity contribution in [3.8, 4) is 0 Å². The molecule has 0 radical (unpaired) electrons. The van der Waals surface area contributed by atoms with Gasteiger partial charge in [-0.1, -0.05) is 29.8 Å². The second-order valence-electron chi connectivity index (χ2n) is 5.01. The van der Waals surface area contributed by atoms with Gasteiger partial charge in [-0.05, 0) is 37.5 Å². The normalized spacial score (nSPS) is 11.8. The number of aryl methyl sites for hydroxylation is 2. The molecule has 0 atom stereocenters. The van der Waals surface area contributed by atoms with Crippen LogP contribution in [0.4, 0.5) is 0 Å². The Balaban J connectivity index is 2.01. The molecule has 4 nitrogen and oxygen atoms in total. The first-order valence-corrected chi connectivity index (χ1v) is 9.07. The van der Waals surface area contributed by atoms with Crippen molar-refractivity contribution < 1.29 is 8.42 Å². The lowest BCUT2D eigenvalue weighted by Crippen LogP contribution is -2.25. The minimum absolute atomic E-state index is 0.338. The number of thiophene rings is 1. The predicted octanol–water partition coefficient (Wildman–Crippen LogP) is 2.34. The Hall–Kier alpha value is -1.21. The van der Waals surface area contributed by atoms with Gasteiger partial charge in [0.1, 0.15) is 4.21 Å². The highest BCUT2D eigenvalue weighted by molar-refractivity contribution is 7.91. The highest BCUT2D eigenvalue weighted by Gasteiger charge is 2.17. The highest BCUT2D eigenvalue weighted by Crippen LogP contribution is 2.25. The Morgan fingerprint density at radius 3 is 2.62 bits per heavy atom. The number of benzene rings is 1. The van der Waals surface area contributed by atoms with Crippen LogP contribution in [-0.4, -0.2) is 15.0 Å². The van der Waals surface area contributed by atoms with E-state index in [1.165, 1.54) is 16.9 Å². The van der Waals surface area contributed by atoms with Crippen LogP contribution in [0.5, 0.6) is 0 Å². The molecule has 1 heterocycles. The Bertz CT molecular complexity index is 721. The molecule has 114 valence electrons. The van der Waals surface area contributed by atoms with Gasteiger partial charge in [0.15, 0.2) is 0 Å². The molecule has 0 aliphatic rings. The van der Waals surface area contributed by atoms with Gasteiger partial charge in [0.2, 0.25) is 10.0 Å². The zero-order valence-electron chi connectivity index (χ0n) is 12.2. The van der Waals surface area contributed by atoms with Crippen molar-refractivity contribution in [1.82, 2.24) is 4.72 Å². The fourth-order valence-electron chi connectivity index (χ4n) is 2.09. The summed E-state index contributed by atoms with van der Waals surface area (Å²) in [5.74, 6) is 0. The van der Waals surface area contributed by atoms with E-state index in [-0.39, 0.29) is 0 Å². The Morgan fingerprint density at radius 1 is 1.24 bits per heavy atom. The van der Waals surface area contributed by atoms with Gasteiger partial charge in [0, 0.05) is 18.0 Å². The van der Waals surface area contributed by atoms with Crippen molar-refractivity contribution >= 4 is 21.4 Å². The molecule has 2 aromatic rings. The molecule has 0 bridgehead atoms. The Morgan fingerprint density at radius 2 is 2.00 bits per heavy atom. The molecule has 0 aliphatic heterocycles. The average molecular weight is 324 g/mol. The minimum Gasteiger partial charge on any atom is -0.326 e. The van der Waals surface area contributed by atoms with E-state index >= 15 is 0 Å². The van der Waals surface area contributed by atoms with E-state index in [2.05, 4.69) is 10.8 Å². The van der Waals surface area contributed by atoms with Crippen LogP contribution >= 0.6 is 11.3 Å². The van der Waals surface area contributed by atoms with Crippen LogP contribution < -0.4 is 10.5 Å². The molecule has 0 saturated carbocycles. The number of sulfonamides is 1. The lowest BCUT2D eigenvalue weighted by atomic mass is 10.1. The lowest BCUT2D eigenvalue weighted by Gasteiger charge is -2.05. The van der Waals surface area contributed by atoms with Gasteiger partial charge >= 0.3 is 0 Å². The Kier molecular flexibility index (Phi) is 5.16. The number of hydrogen-bond donors (Lipinski definition) is 2. The largest absolute Gasteiger partial charge is 0.326 e. The first kappa shape index (κ1) is 16.2. The quantitative estimate of drug-likeness (QED) is 0.857. The number of nitrogens with one attached hydrogen (secondary N) is 1. The van der Waals surface area contributed by atoms with Gasteiger partial charge in [0.05, 0.1) is 0 Å². The lowest BCUT2D eigenvalue weighted by molar-refractivity contribution is 0.583. The van der Waals surface area contributed by atoms with E-state index in [0.29, 0.717) is 23.7 Å². The summed E-state index contributed by atoms with van der Waals surface area (Å²) in [7, 11) is -3.44. The van der Waals surface area contributed by atoms with E-state index in [0.717, 1.165) is 16.0 Å². The fraction of sp³-hybridized carbons (Fsp3) is 0.333. The van der Waals surface area contributed by atoms with Crippen molar-refractivity contribution in [3.63, 3.8) is 0 Å². The van der Waals surface area contributed by atoms with Crippen molar-refractivity contribution in [2.45, 2.75) is 31.0 Å². The first-order chi connectivity index (χ1) is 9.92. The number of rotatable bonds is 6. The molecule has 3 N–H and O–H groups in total. The van der Waals surface area contributed by atoms with E-state index in [1.807, 2.05) is 32.0 Å². The van der Waals surface area contributed by atoms with Crippen LogP contribution in [0.3, 0.4) is 0 Å². The van der Waals surface area contributed by atoms with Crippen molar-refractivity contribution in [2.75, 3.05) is 6.54 Å². The molecule has 21 heavy (non-hydrogen) atoms. The molecule has 0 fully saturated rings. The summed E-state index contributed by atoms with van der Waals surface area (Å²) in [6, 6.07) is 9.76. The summed E-state index contributed by atoms with van der Waals surface area (Å²) >= 11 is 1.24. The second kappa shape index (κ2) is 6.70. The molecule has 0 amide bonds. The van der Waals surface area contributed by atoms with Crippen LogP contribution in [0, 0.1) is 13.8 Å². The zero-order chi connectivity index (χ0) is 15.5. The summed E-state index contributed by atoms with van der Waals surface area (Å²) in [6.45, 7) is 4.66. The van der Waals surface area contributed by atoms with Gasteiger partial charge in [-0.3, -0.25) is 0 Å². The molecule has 1 aromatic carbocycles. The predicted molar refractivity (Wildman–Crippen MR) is 87.0 cm³/mol. The van der Waals surface area contributed by atoms with E-state index in [1.54, 1.807) is 6.07 Å². The third kappa shape index (κ3) is 4.14. The van der Waals surface area contributed by atoms with Crippen molar-refractivity contribution in [2.24, 2.45) is 5.73 Å². The molecule has 2 rings (SSSR count). The second-order valence-corrected chi connectivity index (χ2v) is 8.14. The number of hydrogen-bond acceptors (Lipinski definition) is 4. The van der Waals surface area contributed by atoms with E-state index in [9.17, 15) is 8.42 Å². The van der Waals surface area contributed by atoms with Crippen LogP contribution in [0.1, 0.15) is 21.6 Å². The highest BCUT2D eigenvalue weighted by atomic mass is 32.2. The third-order valence-electron chi connectivity index (χ3n) is 3.24. The van der Waals surface area contributed by atoms with Gasteiger partial charge in [-0.2, -0.15) is 0 Å². The molecule has 1 aromatic heterocycles. The third-order valence-corrected chi connectivity index (χ3v) is 6.43. The van der Waals surface area contributed by atoms with E-state index in [4.69, 9.17) is 5.73 Å². The van der Waals surface area contributed by atoms with Gasteiger partial charge in [0.25, 0.3) is 0 Å². The first-order valence-electron chi connectivity index (χ1n) is 6.77. The summed E-state index contributed by atoms with van der Waals surface area (Å²) < 4.78 is 27.4. The molecule has 0 unspecified atom stereocenters. The smallest absolute Gasteiger partial charge is 0.250 e. The van der Waals surface area contributed by atoms with Gasteiger partial charge < -0.3 is 5.73 Å². The number of nitrogens with two attached hydrogens (primary N) is 1. The molecule has 0 saturated heterocycles. The maximum Gasteiger partial charge on any atom is 0.250 e. The van der Waals surface area contributed by atoms with Gasteiger partial charge in [-0.15, -0.1) is 11.3 Å². The molecule has 0 spiro atoms. The van der Waals surface area contributed by atoms with Crippen LogP contribution in [0.25, 0.3) is 0 Å². The van der Waals surface area contributed by atoms with Crippen molar-refractivity contribution in [3.05, 3.63) is 51.9 Å². The van der Waals surface area contributed by atoms with Crippen LogP contribution in [0.15, 0.2) is 34.5 Å². The maximum atomic E-state index is 12.2. The molecular formula is C15H20N2O2S2. The molecule has 0 aliphatic carbocycles. The summed E-state index contributed by atoms with van der Waals surface area (Å²) in [5, 5.41) is 0. The van der Waals surface area contributed by atoms with Gasteiger partial charge in [-0.25, -0.2) is 13.1 Å².